The van der Waals surface area contributed by atoms with Gasteiger partial charge in [0, 0.05) is 12.1 Å². The zero-order valence-corrected chi connectivity index (χ0v) is 11.5. The van der Waals surface area contributed by atoms with Gasteiger partial charge in [0.05, 0.1) is 16.5 Å². The maximum atomic E-state index is 11.1. The summed E-state index contributed by atoms with van der Waals surface area (Å²) in [5.41, 5.74) is -0.965. The van der Waals surface area contributed by atoms with Gasteiger partial charge in [-0.3, -0.25) is 20.2 Å². The standard InChI is InChI=1S/C12H16N2O6/c1-12(2,3)8-6-9(13(16)17)11(20-5-4-15)10(7-8)14(18)19/h6-7,15H,4-5H2,1-3H3. The molecule has 1 aromatic rings. The molecule has 8 heteroatoms. The summed E-state index contributed by atoms with van der Waals surface area (Å²) in [5, 5.41) is 30.9. The van der Waals surface area contributed by atoms with Gasteiger partial charge in [0.2, 0.25) is 0 Å². The molecule has 0 amide bonds. The van der Waals surface area contributed by atoms with Crippen molar-refractivity contribution in [3.63, 3.8) is 0 Å². The van der Waals surface area contributed by atoms with Gasteiger partial charge < -0.3 is 9.84 Å². The third kappa shape index (κ3) is 3.41. The number of rotatable bonds is 5. The van der Waals surface area contributed by atoms with Crippen molar-refractivity contribution in [3.05, 3.63) is 37.9 Å². The summed E-state index contributed by atoms with van der Waals surface area (Å²) in [4.78, 5) is 20.7. The van der Waals surface area contributed by atoms with Crippen molar-refractivity contribution >= 4 is 11.4 Å². The summed E-state index contributed by atoms with van der Waals surface area (Å²) in [6, 6.07) is 2.53. The first kappa shape index (κ1) is 15.8. The Morgan fingerprint density at radius 2 is 1.60 bits per heavy atom. The monoisotopic (exact) mass is 284 g/mol. The summed E-state index contributed by atoms with van der Waals surface area (Å²) < 4.78 is 4.97. The van der Waals surface area contributed by atoms with Crippen LogP contribution in [0, 0.1) is 20.2 Å². The van der Waals surface area contributed by atoms with Gasteiger partial charge in [-0.25, -0.2) is 0 Å². The zero-order chi connectivity index (χ0) is 15.5. The molecule has 8 nitrogen and oxygen atoms in total. The molecule has 0 atom stereocenters. The molecule has 0 aliphatic rings. The van der Waals surface area contributed by atoms with E-state index in [4.69, 9.17) is 9.84 Å². The zero-order valence-electron chi connectivity index (χ0n) is 11.5. The number of nitrogens with zero attached hydrogens (tertiary/aromatic N) is 2. The van der Waals surface area contributed by atoms with Crippen LogP contribution < -0.4 is 4.74 Å². The fraction of sp³-hybridized carbons (Fsp3) is 0.500. The molecule has 0 spiro atoms. The van der Waals surface area contributed by atoms with Crippen molar-refractivity contribution in [1.29, 1.82) is 0 Å². The predicted molar refractivity (Wildman–Crippen MR) is 71.0 cm³/mol. The van der Waals surface area contributed by atoms with Crippen molar-refractivity contribution in [1.82, 2.24) is 0 Å². The average Bonchev–Trinajstić information content (AvgIpc) is 2.33. The number of nitro benzene ring substituents is 2. The smallest absolute Gasteiger partial charge is 0.318 e. The molecule has 0 aromatic heterocycles. The van der Waals surface area contributed by atoms with Gasteiger partial charge >= 0.3 is 11.4 Å². The molecule has 0 saturated heterocycles. The minimum Gasteiger partial charge on any atom is -0.480 e. The lowest BCUT2D eigenvalue weighted by Gasteiger charge is -2.19. The first-order valence-electron chi connectivity index (χ1n) is 5.89. The van der Waals surface area contributed by atoms with Gasteiger partial charge in [0.15, 0.2) is 0 Å². The highest BCUT2D eigenvalue weighted by Crippen LogP contribution is 2.40. The maximum Gasteiger partial charge on any atom is 0.318 e. The molecule has 1 N–H and O–H groups in total. The number of hydrogen-bond acceptors (Lipinski definition) is 6. The third-order valence-corrected chi connectivity index (χ3v) is 2.65. The second kappa shape index (κ2) is 5.83. The van der Waals surface area contributed by atoms with E-state index in [0.717, 1.165) is 0 Å². The quantitative estimate of drug-likeness (QED) is 0.654. The second-order valence-electron chi connectivity index (χ2n) is 5.18. The molecule has 20 heavy (non-hydrogen) atoms. The molecule has 0 aliphatic carbocycles. The molecule has 0 bridgehead atoms. The summed E-state index contributed by atoms with van der Waals surface area (Å²) in [5.74, 6) is -0.429. The normalized spacial score (nSPS) is 11.2. The molecule has 0 saturated carbocycles. The number of aliphatic hydroxyl groups excluding tert-OH is 1. The van der Waals surface area contributed by atoms with E-state index < -0.39 is 39.0 Å². The molecule has 1 rings (SSSR count). The lowest BCUT2D eigenvalue weighted by molar-refractivity contribution is -0.396. The predicted octanol–water partition coefficient (Wildman–Crippen LogP) is 2.17. The molecular weight excluding hydrogens is 268 g/mol. The number of ether oxygens (including phenoxy) is 1. The number of aliphatic hydroxyl groups is 1. The number of nitro groups is 2. The van der Waals surface area contributed by atoms with Crippen LogP contribution in [0.3, 0.4) is 0 Å². The van der Waals surface area contributed by atoms with Crippen LogP contribution in [0.5, 0.6) is 5.75 Å². The minimum absolute atomic E-state index is 0.253. The lowest BCUT2D eigenvalue weighted by Crippen LogP contribution is -2.13. The van der Waals surface area contributed by atoms with Gasteiger partial charge in [-0.05, 0) is 11.0 Å². The van der Waals surface area contributed by atoms with Gasteiger partial charge in [0.1, 0.15) is 6.61 Å². The van der Waals surface area contributed by atoms with E-state index in [1.165, 1.54) is 12.1 Å². The lowest BCUT2D eigenvalue weighted by atomic mass is 9.86. The summed E-state index contributed by atoms with van der Waals surface area (Å²) in [6.45, 7) is 4.74. The molecule has 0 unspecified atom stereocenters. The van der Waals surface area contributed by atoms with Gasteiger partial charge in [-0.1, -0.05) is 20.8 Å². The highest BCUT2D eigenvalue weighted by atomic mass is 16.6. The Hall–Kier alpha value is -2.22. The Labute approximate surface area is 115 Å². The van der Waals surface area contributed by atoms with E-state index in [-0.39, 0.29) is 6.61 Å². The van der Waals surface area contributed by atoms with E-state index in [0.29, 0.717) is 5.56 Å². The number of hydrogen-bond donors (Lipinski definition) is 1. The Balaban J connectivity index is 3.55. The van der Waals surface area contributed by atoms with Crippen LogP contribution in [0.4, 0.5) is 11.4 Å². The number of benzene rings is 1. The highest BCUT2D eigenvalue weighted by molar-refractivity contribution is 5.62. The molecular formula is C12H16N2O6. The van der Waals surface area contributed by atoms with Crippen LogP contribution in [0.25, 0.3) is 0 Å². The maximum absolute atomic E-state index is 11.1. The Kier molecular flexibility index (Phi) is 4.61. The van der Waals surface area contributed by atoms with E-state index in [9.17, 15) is 20.2 Å². The largest absolute Gasteiger partial charge is 0.480 e. The fourth-order valence-corrected chi connectivity index (χ4v) is 1.60. The van der Waals surface area contributed by atoms with E-state index >= 15 is 0 Å². The van der Waals surface area contributed by atoms with Crippen molar-refractivity contribution in [2.75, 3.05) is 13.2 Å². The third-order valence-electron chi connectivity index (χ3n) is 2.65. The van der Waals surface area contributed by atoms with Gasteiger partial charge in [-0.15, -0.1) is 0 Å². The Morgan fingerprint density at radius 1 is 1.15 bits per heavy atom. The van der Waals surface area contributed by atoms with Gasteiger partial charge in [-0.2, -0.15) is 0 Å². The molecule has 110 valence electrons. The van der Waals surface area contributed by atoms with Gasteiger partial charge in [0.25, 0.3) is 5.75 Å². The first-order valence-corrected chi connectivity index (χ1v) is 5.89. The van der Waals surface area contributed by atoms with Crippen LogP contribution in [-0.4, -0.2) is 28.2 Å². The van der Waals surface area contributed by atoms with Crippen molar-refractivity contribution in [2.45, 2.75) is 26.2 Å². The Bertz CT molecular complexity index is 500. The van der Waals surface area contributed by atoms with E-state index in [1.807, 2.05) is 0 Å². The van der Waals surface area contributed by atoms with Crippen LogP contribution in [0.15, 0.2) is 12.1 Å². The minimum atomic E-state index is -0.727. The van der Waals surface area contributed by atoms with E-state index in [2.05, 4.69) is 0 Å². The molecule has 1 aromatic carbocycles. The SMILES string of the molecule is CC(C)(C)c1cc([N+](=O)[O-])c(OCCO)c([N+](=O)[O-])c1. The van der Waals surface area contributed by atoms with Crippen LogP contribution in [0.1, 0.15) is 26.3 Å². The molecule has 0 radical (unpaired) electrons. The topological polar surface area (TPSA) is 116 Å². The highest BCUT2D eigenvalue weighted by Gasteiger charge is 2.31. The van der Waals surface area contributed by atoms with Crippen molar-refractivity contribution in [2.24, 2.45) is 0 Å². The van der Waals surface area contributed by atoms with Crippen LogP contribution in [0.2, 0.25) is 0 Å². The van der Waals surface area contributed by atoms with Crippen molar-refractivity contribution in [3.8, 4) is 5.75 Å². The molecule has 0 heterocycles. The van der Waals surface area contributed by atoms with E-state index in [1.54, 1.807) is 20.8 Å². The first-order chi connectivity index (χ1) is 9.18. The summed E-state index contributed by atoms with van der Waals surface area (Å²) in [7, 11) is 0. The Morgan fingerprint density at radius 3 is 1.90 bits per heavy atom. The molecule has 0 fully saturated rings. The van der Waals surface area contributed by atoms with Crippen molar-refractivity contribution < 1.29 is 19.7 Å². The summed E-state index contributed by atoms with van der Waals surface area (Å²) in [6.07, 6.45) is 0. The molecule has 0 aliphatic heterocycles. The second-order valence-corrected chi connectivity index (χ2v) is 5.18. The summed E-state index contributed by atoms with van der Waals surface area (Å²) >= 11 is 0. The van der Waals surface area contributed by atoms with Crippen LogP contribution >= 0.6 is 0 Å². The average molecular weight is 284 g/mol. The van der Waals surface area contributed by atoms with Crippen LogP contribution in [-0.2, 0) is 5.41 Å². The fourth-order valence-electron chi connectivity index (χ4n) is 1.60.